The molecule has 0 unspecified atom stereocenters. The van der Waals surface area contributed by atoms with Crippen molar-refractivity contribution < 1.29 is 5.11 Å². The lowest BCUT2D eigenvalue weighted by molar-refractivity contribution is 0.280. The molecule has 0 aliphatic heterocycles. The van der Waals surface area contributed by atoms with Crippen LogP contribution < -0.4 is 0 Å². The number of aliphatic hydroxyl groups excluding tert-OH is 1. The minimum atomic E-state index is 0.0228. The number of aliphatic hydroxyl groups is 1. The quantitative estimate of drug-likeness (QED) is 0.800. The molecule has 1 aromatic heterocycles. The molecule has 2 heteroatoms. The molecule has 0 aliphatic rings. The summed E-state index contributed by atoms with van der Waals surface area (Å²) < 4.78 is 0. The van der Waals surface area contributed by atoms with E-state index in [9.17, 15) is 0 Å². The van der Waals surface area contributed by atoms with Gasteiger partial charge in [0, 0.05) is 12.4 Å². The van der Waals surface area contributed by atoms with Gasteiger partial charge in [0.1, 0.15) is 0 Å². The van der Waals surface area contributed by atoms with Gasteiger partial charge in [-0.05, 0) is 30.5 Å². The van der Waals surface area contributed by atoms with Gasteiger partial charge in [0.15, 0.2) is 0 Å². The number of rotatable bonds is 5. The van der Waals surface area contributed by atoms with E-state index in [1.165, 1.54) is 0 Å². The second-order valence-corrected chi connectivity index (χ2v) is 3.52. The Labute approximate surface area is 110 Å². The first-order chi connectivity index (χ1) is 8.77. The van der Waals surface area contributed by atoms with Crippen LogP contribution in [0.1, 0.15) is 31.9 Å². The minimum Gasteiger partial charge on any atom is -0.392 e. The van der Waals surface area contributed by atoms with Gasteiger partial charge >= 0.3 is 0 Å². The van der Waals surface area contributed by atoms with E-state index < -0.39 is 0 Å². The highest BCUT2D eigenvalue weighted by Crippen LogP contribution is 2.12. The fraction of sp³-hybridized carbons (Fsp3) is 0.312. The molecule has 0 spiro atoms. The van der Waals surface area contributed by atoms with Gasteiger partial charge in [0.25, 0.3) is 0 Å². The summed E-state index contributed by atoms with van der Waals surface area (Å²) >= 11 is 0. The fourth-order valence-electron chi connectivity index (χ4n) is 1.38. The van der Waals surface area contributed by atoms with Crippen molar-refractivity contribution in [3.63, 3.8) is 0 Å². The first-order valence-electron chi connectivity index (χ1n) is 6.27. The molecule has 0 bridgehead atoms. The Bertz CT molecular complexity index is 405. The summed E-state index contributed by atoms with van der Waals surface area (Å²) in [5, 5.41) is 9.15. The average molecular weight is 245 g/mol. The molecule has 0 atom stereocenters. The number of aromatic nitrogens is 1. The summed E-state index contributed by atoms with van der Waals surface area (Å²) in [4.78, 5) is 3.98. The number of hydrogen-bond acceptors (Lipinski definition) is 2. The Morgan fingerprint density at radius 1 is 1.33 bits per heavy atom. The summed E-state index contributed by atoms with van der Waals surface area (Å²) in [5.41, 5.74) is 2.95. The zero-order valence-corrected chi connectivity index (χ0v) is 11.6. The van der Waals surface area contributed by atoms with Gasteiger partial charge in [-0.15, -0.1) is 0 Å². The van der Waals surface area contributed by atoms with Gasteiger partial charge in [0.05, 0.1) is 6.61 Å². The second-order valence-electron chi connectivity index (χ2n) is 3.52. The number of pyridine rings is 1. The Morgan fingerprint density at radius 2 is 2.06 bits per heavy atom. The number of nitrogens with zero attached hydrogens (tertiary/aromatic N) is 1. The maximum absolute atomic E-state index is 9.15. The van der Waals surface area contributed by atoms with E-state index in [0.717, 1.165) is 23.1 Å². The van der Waals surface area contributed by atoms with Gasteiger partial charge in [-0.2, -0.15) is 0 Å². The highest BCUT2D eigenvalue weighted by Gasteiger charge is 2.01. The maximum Gasteiger partial charge on any atom is 0.0699 e. The topological polar surface area (TPSA) is 33.1 Å². The molecule has 0 saturated carbocycles. The van der Waals surface area contributed by atoms with Crippen LogP contribution in [-0.4, -0.2) is 10.1 Å². The van der Waals surface area contributed by atoms with Crippen LogP contribution in [-0.2, 0) is 13.0 Å². The van der Waals surface area contributed by atoms with Crippen molar-refractivity contribution in [2.75, 3.05) is 0 Å². The molecule has 0 amide bonds. The van der Waals surface area contributed by atoms with Gasteiger partial charge in [0.2, 0.25) is 0 Å². The summed E-state index contributed by atoms with van der Waals surface area (Å²) in [7, 11) is 0. The summed E-state index contributed by atoms with van der Waals surface area (Å²) in [6.07, 6.45) is 12.0. The molecule has 0 saturated heterocycles. The van der Waals surface area contributed by atoms with Crippen molar-refractivity contribution >= 4 is 0 Å². The Hall–Kier alpha value is -1.67. The third kappa shape index (κ3) is 6.16. The Balaban J connectivity index is 0.00000137. The van der Waals surface area contributed by atoms with Crippen LogP contribution >= 0.6 is 0 Å². The van der Waals surface area contributed by atoms with Crippen LogP contribution in [0.3, 0.4) is 0 Å². The number of hydrogen-bond donors (Lipinski definition) is 1. The van der Waals surface area contributed by atoms with Crippen molar-refractivity contribution in [1.29, 1.82) is 0 Å². The van der Waals surface area contributed by atoms with Crippen molar-refractivity contribution in [3.05, 3.63) is 66.0 Å². The third-order valence-electron chi connectivity index (χ3n) is 2.23. The van der Waals surface area contributed by atoms with E-state index >= 15 is 0 Å². The zero-order valence-electron chi connectivity index (χ0n) is 11.6. The molecule has 0 aliphatic carbocycles. The monoisotopic (exact) mass is 245 g/mol. The minimum absolute atomic E-state index is 0.0228. The smallest absolute Gasteiger partial charge is 0.0699 e. The molecule has 0 aromatic carbocycles. The van der Waals surface area contributed by atoms with Crippen LogP contribution in [0, 0.1) is 0 Å². The second kappa shape index (κ2) is 10.5. The fourth-order valence-corrected chi connectivity index (χ4v) is 1.38. The largest absolute Gasteiger partial charge is 0.392 e. The van der Waals surface area contributed by atoms with E-state index in [4.69, 9.17) is 5.11 Å². The molecule has 18 heavy (non-hydrogen) atoms. The molecular formula is C16H23NO. The summed E-state index contributed by atoms with van der Waals surface area (Å²) in [6.45, 7) is 9.97. The van der Waals surface area contributed by atoms with Crippen molar-refractivity contribution in [1.82, 2.24) is 4.98 Å². The predicted molar refractivity (Wildman–Crippen MR) is 78.3 cm³/mol. The lowest BCUT2D eigenvalue weighted by Gasteiger charge is -2.05. The van der Waals surface area contributed by atoms with Crippen LogP contribution in [0.25, 0.3) is 0 Å². The van der Waals surface area contributed by atoms with Gasteiger partial charge in [-0.25, -0.2) is 0 Å². The molecule has 1 N–H and O–H groups in total. The van der Waals surface area contributed by atoms with Crippen molar-refractivity contribution in [2.24, 2.45) is 0 Å². The van der Waals surface area contributed by atoms with Gasteiger partial charge < -0.3 is 5.11 Å². The van der Waals surface area contributed by atoms with Crippen molar-refractivity contribution in [2.45, 2.75) is 33.8 Å². The molecule has 0 fully saturated rings. The first-order valence-corrected chi connectivity index (χ1v) is 6.27. The van der Waals surface area contributed by atoms with E-state index in [1.54, 1.807) is 12.4 Å². The molecule has 1 rings (SSSR count). The molecule has 0 radical (unpaired) electrons. The SMILES string of the molecule is C=C(/C=C\C=C/C)Cc1ccncc1CO.CC. The molecule has 1 heterocycles. The highest BCUT2D eigenvalue weighted by molar-refractivity contribution is 5.31. The zero-order chi connectivity index (χ0) is 13.8. The Morgan fingerprint density at radius 3 is 2.67 bits per heavy atom. The van der Waals surface area contributed by atoms with Crippen LogP contribution in [0.5, 0.6) is 0 Å². The van der Waals surface area contributed by atoms with E-state index in [2.05, 4.69) is 11.6 Å². The highest BCUT2D eigenvalue weighted by atomic mass is 16.3. The van der Waals surface area contributed by atoms with E-state index in [0.29, 0.717) is 0 Å². The first kappa shape index (κ1) is 16.3. The Kier molecular flexibility index (Phi) is 9.51. The third-order valence-corrected chi connectivity index (χ3v) is 2.23. The average Bonchev–Trinajstić information content (AvgIpc) is 2.42. The normalized spacial score (nSPS) is 10.4. The molecule has 2 nitrogen and oxygen atoms in total. The van der Waals surface area contributed by atoms with Crippen LogP contribution in [0.2, 0.25) is 0 Å². The van der Waals surface area contributed by atoms with E-state index in [-0.39, 0.29) is 6.61 Å². The lowest BCUT2D eigenvalue weighted by Crippen LogP contribution is -1.95. The molecule has 98 valence electrons. The van der Waals surface area contributed by atoms with Crippen LogP contribution in [0.15, 0.2) is 54.9 Å². The number of allylic oxidation sites excluding steroid dienone is 5. The summed E-state index contributed by atoms with van der Waals surface area (Å²) in [6, 6.07) is 1.92. The predicted octanol–water partition coefficient (Wildman–Crippen LogP) is 3.83. The summed E-state index contributed by atoms with van der Waals surface area (Å²) in [5.74, 6) is 0. The standard InChI is InChI=1S/C14H17NO.C2H6/c1-3-4-5-6-12(2)9-13-7-8-15-10-14(13)11-16;1-2/h3-8,10,16H,2,9,11H2,1H3;1-2H3/b4-3-,6-5-;. The van der Waals surface area contributed by atoms with Crippen molar-refractivity contribution in [3.8, 4) is 0 Å². The molecular weight excluding hydrogens is 222 g/mol. The van der Waals surface area contributed by atoms with Gasteiger partial charge in [-0.3, -0.25) is 4.98 Å². The maximum atomic E-state index is 9.15. The van der Waals surface area contributed by atoms with Gasteiger partial charge in [-0.1, -0.05) is 50.3 Å². The van der Waals surface area contributed by atoms with E-state index in [1.807, 2.05) is 51.1 Å². The van der Waals surface area contributed by atoms with Crippen LogP contribution in [0.4, 0.5) is 0 Å². The molecule has 1 aromatic rings. The lowest BCUT2D eigenvalue weighted by atomic mass is 10.0.